The Morgan fingerprint density at radius 2 is 1.81 bits per heavy atom. The van der Waals surface area contributed by atoms with Gasteiger partial charge < -0.3 is 15.3 Å². The highest BCUT2D eigenvalue weighted by Gasteiger charge is 2.50. The van der Waals surface area contributed by atoms with Crippen molar-refractivity contribution in [1.29, 1.82) is 0 Å². The molecule has 0 aromatic rings. The van der Waals surface area contributed by atoms with E-state index in [0.717, 1.165) is 0 Å². The Hall–Kier alpha value is -0.820. The third kappa shape index (κ3) is 2.46. The lowest BCUT2D eigenvalue weighted by Crippen LogP contribution is -2.42. The van der Waals surface area contributed by atoms with E-state index in [4.69, 9.17) is 10.2 Å². The summed E-state index contributed by atoms with van der Waals surface area (Å²) in [6.07, 6.45) is 0.0185. The molecule has 0 aromatic heterocycles. The van der Waals surface area contributed by atoms with Crippen LogP contribution in [0.3, 0.4) is 0 Å². The van der Waals surface area contributed by atoms with Gasteiger partial charge in [-0.15, -0.1) is 0 Å². The predicted molar refractivity (Wildman–Crippen MR) is 54.8 cm³/mol. The lowest BCUT2D eigenvalue weighted by Gasteiger charge is -2.26. The standard InChI is InChI=1S/C10H17NO5/c1-10(16)6-7(8(14)9(10)15)11(2-4-12)3-5-13/h7,12-13,16H,2-6H2,1H3. The maximum Gasteiger partial charge on any atom is 0.231 e. The molecule has 16 heavy (non-hydrogen) atoms. The zero-order chi connectivity index (χ0) is 12.3. The van der Waals surface area contributed by atoms with Gasteiger partial charge in [0.1, 0.15) is 5.60 Å². The Morgan fingerprint density at radius 1 is 1.31 bits per heavy atom. The van der Waals surface area contributed by atoms with E-state index in [1.165, 1.54) is 11.8 Å². The number of carbonyl (C=O) groups is 2. The number of aliphatic hydroxyl groups is 3. The van der Waals surface area contributed by atoms with Crippen LogP contribution in [0, 0.1) is 0 Å². The summed E-state index contributed by atoms with van der Waals surface area (Å²) in [6.45, 7) is 1.37. The molecule has 1 aliphatic rings. The smallest absolute Gasteiger partial charge is 0.231 e. The van der Waals surface area contributed by atoms with Crippen molar-refractivity contribution in [2.75, 3.05) is 26.3 Å². The zero-order valence-corrected chi connectivity index (χ0v) is 9.22. The summed E-state index contributed by atoms with van der Waals surface area (Å²) in [5.74, 6) is -1.44. The lowest BCUT2D eigenvalue weighted by atomic mass is 10.0. The first-order chi connectivity index (χ1) is 7.44. The van der Waals surface area contributed by atoms with Crippen molar-refractivity contribution in [3.63, 3.8) is 0 Å². The molecule has 3 N–H and O–H groups in total. The summed E-state index contributed by atoms with van der Waals surface area (Å²) >= 11 is 0. The van der Waals surface area contributed by atoms with E-state index in [-0.39, 0.29) is 32.7 Å². The first kappa shape index (κ1) is 13.2. The number of ketones is 2. The maximum atomic E-state index is 11.6. The predicted octanol–water partition coefficient (Wildman–Crippen LogP) is -2.07. The van der Waals surface area contributed by atoms with Crippen LogP contribution in [0.5, 0.6) is 0 Å². The average molecular weight is 231 g/mol. The van der Waals surface area contributed by atoms with E-state index in [1.54, 1.807) is 0 Å². The highest BCUT2D eigenvalue weighted by molar-refractivity contribution is 6.44. The Labute approximate surface area is 93.5 Å². The van der Waals surface area contributed by atoms with Gasteiger partial charge in [-0.3, -0.25) is 14.5 Å². The summed E-state index contributed by atoms with van der Waals surface area (Å²) in [7, 11) is 0. The summed E-state index contributed by atoms with van der Waals surface area (Å²) in [5, 5.41) is 27.3. The number of carbonyl (C=O) groups excluding carboxylic acids is 2. The molecule has 1 rings (SSSR count). The fourth-order valence-corrected chi connectivity index (χ4v) is 1.95. The van der Waals surface area contributed by atoms with Gasteiger partial charge in [-0.1, -0.05) is 0 Å². The van der Waals surface area contributed by atoms with E-state index >= 15 is 0 Å². The van der Waals surface area contributed by atoms with E-state index in [2.05, 4.69) is 0 Å². The molecule has 1 saturated carbocycles. The summed E-state index contributed by atoms with van der Waals surface area (Å²) in [5.41, 5.74) is -1.62. The van der Waals surface area contributed by atoms with Crippen molar-refractivity contribution in [3.8, 4) is 0 Å². The number of hydrogen-bond donors (Lipinski definition) is 3. The molecule has 0 aromatic carbocycles. The Balaban J connectivity index is 2.79. The molecule has 2 unspecified atom stereocenters. The topological polar surface area (TPSA) is 98.1 Å². The van der Waals surface area contributed by atoms with Crippen molar-refractivity contribution in [3.05, 3.63) is 0 Å². The molecule has 0 spiro atoms. The van der Waals surface area contributed by atoms with Gasteiger partial charge in [-0.25, -0.2) is 0 Å². The molecular formula is C10H17NO5. The Bertz CT molecular complexity index is 283. The van der Waals surface area contributed by atoms with Gasteiger partial charge in [0, 0.05) is 19.5 Å². The molecule has 0 radical (unpaired) electrons. The van der Waals surface area contributed by atoms with Crippen molar-refractivity contribution < 1.29 is 24.9 Å². The van der Waals surface area contributed by atoms with Gasteiger partial charge in [0.05, 0.1) is 19.3 Å². The van der Waals surface area contributed by atoms with E-state index in [1.807, 2.05) is 0 Å². The molecule has 0 saturated heterocycles. The minimum Gasteiger partial charge on any atom is -0.395 e. The molecule has 0 heterocycles. The van der Waals surface area contributed by atoms with E-state index in [0.29, 0.717) is 0 Å². The van der Waals surface area contributed by atoms with Gasteiger partial charge in [0.2, 0.25) is 11.6 Å². The summed E-state index contributed by atoms with van der Waals surface area (Å²) in [6, 6.07) is -0.734. The van der Waals surface area contributed by atoms with Crippen LogP contribution < -0.4 is 0 Å². The second-order valence-corrected chi connectivity index (χ2v) is 4.17. The number of rotatable bonds is 5. The molecule has 0 amide bonds. The summed E-state index contributed by atoms with van der Waals surface area (Å²) in [4.78, 5) is 24.5. The van der Waals surface area contributed by atoms with Crippen molar-refractivity contribution >= 4 is 11.6 Å². The van der Waals surface area contributed by atoms with Crippen molar-refractivity contribution in [2.24, 2.45) is 0 Å². The first-order valence-corrected chi connectivity index (χ1v) is 5.21. The van der Waals surface area contributed by atoms with Crippen LogP contribution in [0.2, 0.25) is 0 Å². The third-order valence-electron chi connectivity index (χ3n) is 2.82. The molecule has 6 nitrogen and oxygen atoms in total. The second kappa shape index (κ2) is 5.01. The number of aliphatic hydroxyl groups excluding tert-OH is 2. The molecular weight excluding hydrogens is 214 g/mol. The van der Waals surface area contributed by atoms with Crippen LogP contribution in [-0.4, -0.2) is 69.7 Å². The van der Waals surface area contributed by atoms with Crippen molar-refractivity contribution in [1.82, 2.24) is 4.90 Å². The van der Waals surface area contributed by atoms with Gasteiger partial charge >= 0.3 is 0 Å². The minimum absolute atomic E-state index is 0.0185. The minimum atomic E-state index is -1.62. The van der Waals surface area contributed by atoms with Crippen LogP contribution in [0.1, 0.15) is 13.3 Å². The fourth-order valence-electron chi connectivity index (χ4n) is 1.95. The normalized spacial score (nSPS) is 30.4. The molecule has 2 atom stereocenters. The highest BCUT2D eigenvalue weighted by Crippen LogP contribution is 2.26. The molecule has 6 heteroatoms. The fraction of sp³-hybridized carbons (Fsp3) is 0.800. The quantitative estimate of drug-likeness (QED) is 0.470. The molecule has 92 valence electrons. The van der Waals surface area contributed by atoms with Crippen molar-refractivity contribution in [2.45, 2.75) is 25.0 Å². The largest absolute Gasteiger partial charge is 0.395 e. The van der Waals surface area contributed by atoms with Gasteiger partial charge in [-0.2, -0.15) is 0 Å². The molecule has 1 fully saturated rings. The van der Waals surface area contributed by atoms with Gasteiger partial charge in [-0.05, 0) is 6.92 Å². The highest BCUT2D eigenvalue weighted by atomic mass is 16.3. The van der Waals surface area contributed by atoms with Gasteiger partial charge in [0.25, 0.3) is 0 Å². The number of hydrogen-bond acceptors (Lipinski definition) is 6. The van der Waals surface area contributed by atoms with E-state index < -0.39 is 23.2 Å². The Morgan fingerprint density at radius 3 is 2.12 bits per heavy atom. The number of nitrogens with zero attached hydrogens (tertiary/aromatic N) is 1. The van der Waals surface area contributed by atoms with Crippen LogP contribution >= 0.6 is 0 Å². The van der Waals surface area contributed by atoms with Gasteiger partial charge in [0.15, 0.2) is 0 Å². The number of Topliss-reactive ketones (excluding diaryl/α,β-unsaturated/α-hetero) is 2. The monoisotopic (exact) mass is 231 g/mol. The molecule has 0 bridgehead atoms. The first-order valence-electron chi connectivity index (χ1n) is 5.21. The SMILES string of the molecule is CC1(O)CC(N(CCO)CCO)C(=O)C1=O. The molecule has 0 aliphatic heterocycles. The van der Waals surface area contributed by atoms with Crippen LogP contribution in [0.25, 0.3) is 0 Å². The average Bonchev–Trinajstić information content (AvgIpc) is 2.42. The van der Waals surface area contributed by atoms with E-state index in [9.17, 15) is 14.7 Å². The third-order valence-corrected chi connectivity index (χ3v) is 2.82. The lowest BCUT2D eigenvalue weighted by molar-refractivity contribution is -0.142. The van der Waals surface area contributed by atoms with Crippen LogP contribution in [0.15, 0.2) is 0 Å². The summed E-state index contributed by atoms with van der Waals surface area (Å²) < 4.78 is 0. The van der Waals surface area contributed by atoms with Crippen LogP contribution in [0.4, 0.5) is 0 Å². The van der Waals surface area contributed by atoms with Crippen LogP contribution in [-0.2, 0) is 9.59 Å². The zero-order valence-electron chi connectivity index (χ0n) is 9.22. The molecule has 1 aliphatic carbocycles. The Kier molecular flexibility index (Phi) is 4.15. The second-order valence-electron chi connectivity index (χ2n) is 4.17. The maximum absolute atomic E-state index is 11.6.